The van der Waals surface area contributed by atoms with E-state index in [4.69, 9.17) is 14.2 Å². The highest BCUT2D eigenvalue weighted by Crippen LogP contribution is 2.38. The van der Waals surface area contributed by atoms with Crippen LogP contribution in [0.5, 0.6) is 17.2 Å². The van der Waals surface area contributed by atoms with Crippen molar-refractivity contribution < 1.29 is 19.0 Å². The van der Waals surface area contributed by atoms with Crippen molar-refractivity contribution in [1.82, 2.24) is 0 Å². The fourth-order valence-electron chi connectivity index (χ4n) is 1.72. The molecular formula is C12H14O4. The van der Waals surface area contributed by atoms with Gasteiger partial charge >= 0.3 is 0 Å². The van der Waals surface area contributed by atoms with Crippen molar-refractivity contribution in [2.24, 2.45) is 0 Å². The molecule has 0 bridgehead atoms. The normalized spacial score (nSPS) is 13.3. The molecule has 0 saturated heterocycles. The molecule has 1 aliphatic heterocycles. The molecule has 0 radical (unpaired) electrons. The lowest BCUT2D eigenvalue weighted by molar-refractivity contribution is -0.107. The van der Waals surface area contributed by atoms with Crippen molar-refractivity contribution in [1.29, 1.82) is 0 Å². The van der Waals surface area contributed by atoms with Gasteiger partial charge in [0.25, 0.3) is 0 Å². The van der Waals surface area contributed by atoms with E-state index < -0.39 is 0 Å². The minimum Gasteiger partial charge on any atom is -0.497 e. The van der Waals surface area contributed by atoms with Crippen LogP contribution in [0.15, 0.2) is 12.1 Å². The Morgan fingerprint density at radius 2 is 2.19 bits per heavy atom. The minimum atomic E-state index is 0.475. The molecule has 1 heterocycles. The number of fused-ring (bicyclic) bond motifs is 1. The molecular weight excluding hydrogens is 208 g/mol. The third-order valence-corrected chi connectivity index (χ3v) is 2.46. The molecule has 0 N–H and O–H groups in total. The van der Waals surface area contributed by atoms with Crippen LogP contribution < -0.4 is 14.2 Å². The molecule has 0 spiro atoms. The fraction of sp³-hybridized carbons (Fsp3) is 0.417. The van der Waals surface area contributed by atoms with Gasteiger partial charge in [0.15, 0.2) is 11.5 Å². The predicted octanol–water partition coefficient (Wildman–Crippen LogP) is 1.60. The quantitative estimate of drug-likeness (QED) is 0.726. The molecule has 4 nitrogen and oxygen atoms in total. The smallest absolute Gasteiger partial charge is 0.165 e. The van der Waals surface area contributed by atoms with E-state index in [9.17, 15) is 4.79 Å². The van der Waals surface area contributed by atoms with Gasteiger partial charge < -0.3 is 19.0 Å². The summed E-state index contributed by atoms with van der Waals surface area (Å²) in [6, 6.07) is 3.69. The molecule has 0 atom stereocenters. The topological polar surface area (TPSA) is 44.8 Å². The Kier molecular flexibility index (Phi) is 3.29. The third kappa shape index (κ3) is 2.10. The standard InChI is InChI=1S/C12H14O4/c1-14-10-7-9(3-2-4-13)12-11(8-10)15-5-6-16-12/h4,7-8H,2-3,5-6H2,1H3. The summed E-state index contributed by atoms with van der Waals surface area (Å²) in [6.45, 7) is 1.10. The number of ether oxygens (including phenoxy) is 3. The summed E-state index contributed by atoms with van der Waals surface area (Å²) in [5, 5.41) is 0. The summed E-state index contributed by atoms with van der Waals surface area (Å²) in [5.74, 6) is 2.17. The van der Waals surface area contributed by atoms with E-state index in [-0.39, 0.29) is 0 Å². The molecule has 0 aromatic heterocycles. The van der Waals surface area contributed by atoms with Crippen LogP contribution >= 0.6 is 0 Å². The van der Waals surface area contributed by atoms with Crippen molar-refractivity contribution in [3.8, 4) is 17.2 Å². The number of hydrogen-bond donors (Lipinski definition) is 0. The van der Waals surface area contributed by atoms with Crippen LogP contribution in [-0.2, 0) is 11.2 Å². The molecule has 0 fully saturated rings. The lowest BCUT2D eigenvalue weighted by Crippen LogP contribution is -2.16. The monoisotopic (exact) mass is 222 g/mol. The van der Waals surface area contributed by atoms with Crippen molar-refractivity contribution in [3.63, 3.8) is 0 Å². The fourth-order valence-corrected chi connectivity index (χ4v) is 1.72. The Morgan fingerprint density at radius 3 is 2.94 bits per heavy atom. The summed E-state index contributed by atoms with van der Waals surface area (Å²) in [4.78, 5) is 10.4. The van der Waals surface area contributed by atoms with Gasteiger partial charge in [0.1, 0.15) is 25.2 Å². The highest BCUT2D eigenvalue weighted by Gasteiger charge is 2.17. The van der Waals surface area contributed by atoms with E-state index in [1.807, 2.05) is 6.07 Å². The third-order valence-electron chi connectivity index (χ3n) is 2.46. The van der Waals surface area contributed by atoms with Gasteiger partial charge in [0.05, 0.1) is 7.11 Å². The van der Waals surface area contributed by atoms with Crippen LogP contribution in [0.4, 0.5) is 0 Å². The van der Waals surface area contributed by atoms with Gasteiger partial charge in [-0.15, -0.1) is 0 Å². The van der Waals surface area contributed by atoms with Gasteiger partial charge in [-0.3, -0.25) is 0 Å². The molecule has 86 valence electrons. The molecule has 2 rings (SSSR count). The summed E-state index contributed by atoms with van der Waals surface area (Å²) in [7, 11) is 1.61. The first-order valence-corrected chi connectivity index (χ1v) is 5.25. The van der Waals surface area contributed by atoms with E-state index in [0.717, 1.165) is 23.3 Å². The molecule has 1 aromatic rings. The number of benzene rings is 1. The average Bonchev–Trinajstić information content (AvgIpc) is 2.35. The largest absolute Gasteiger partial charge is 0.497 e. The van der Waals surface area contributed by atoms with E-state index in [1.165, 1.54) is 0 Å². The Balaban J connectivity index is 2.35. The van der Waals surface area contributed by atoms with E-state index in [1.54, 1.807) is 13.2 Å². The minimum absolute atomic E-state index is 0.475. The van der Waals surface area contributed by atoms with E-state index in [2.05, 4.69) is 0 Å². The first-order valence-electron chi connectivity index (χ1n) is 5.25. The number of aryl methyl sites for hydroxylation is 1. The van der Waals surface area contributed by atoms with Crippen molar-refractivity contribution >= 4 is 6.29 Å². The van der Waals surface area contributed by atoms with Gasteiger partial charge in [-0.25, -0.2) is 0 Å². The molecule has 1 aromatic carbocycles. The molecule has 1 aliphatic rings. The molecule has 0 amide bonds. The summed E-state index contributed by atoms with van der Waals surface area (Å²) < 4.78 is 16.2. The number of aldehydes is 1. The second-order valence-corrected chi connectivity index (χ2v) is 3.52. The van der Waals surface area contributed by atoms with Crippen molar-refractivity contribution in [3.05, 3.63) is 17.7 Å². The van der Waals surface area contributed by atoms with Crippen molar-refractivity contribution in [2.75, 3.05) is 20.3 Å². The number of carbonyl (C=O) groups is 1. The Morgan fingerprint density at radius 1 is 1.38 bits per heavy atom. The molecule has 0 aliphatic carbocycles. The second kappa shape index (κ2) is 4.88. The van der Waals surface area contributed by atoms with E-state index in [0.29, 0.717) is 31.8 Å². The first kappa shape index (κ1) is 10.8. The van der Waals surface area contributed by atoms with Crippen LogP contribution in [0.2, 0.25) is 0 Å². The van der Waals surface area contributed by atoms with Gasteiger partial charge in [-0.2, -0.15) is 0 Å². The van der Waals surface area contributed by atoms with Crippen LogP contribution in [-0.4, -0.2) is 26.6 Å². The zero-order chi connectivity index (χ0) is 11.4. The summed E-state index contributed by atoms with van der Waals surface area (Å²) in [5.41, 5.74) is 0.959. The lowest BCUT2D eigenvalue weighted by Gasteiger charge is -2.21. The number of methoxy groups -OCH3 is 1. The highest BCUT2D eigenvalue weighted by molar-refractivity contribution is 5.55. The van der Waals surface area contributed by atoms with Gasteiger partial charge in [0, 0.05) is 18.1 Å². The number of carbonyl (C=O) groups excluding carboxylic acids is 1. The SMILES string of the molecule is COc1cc(CCC=O)c2c(c1)OCCO2. The van der Waals surface area contributed by atoms with Gasteiger partial charge in [-0.1, -0.05) is 0 Å². The number of hydrogen-bond acceptors (Lipinski definition) is 4. The van der Waals surface area contributed by atoms with Crippen molar-refractivity contribution in [2.45, 2.75) is 12.8 Å². The second-order valence-electron chi connectivity index (χ2n) is 3.52. The maximum absolute atomic E-state index is 10.4. The van der Waals surface area contributed by atoms with Crippen LogP contribution in [0, 0.1) is 0 Å². The molecule has 0 saturated carbocycles. The molecule has 16 heavy (non-hydrogen) atoms. The Bertz CT molecular complexity index is 387. The van der Waals surface area contributed by atoms with E-state index >= 15 is 0 Å². The predicted molar refractivity (Wildman–Crippen MR) is 58.4 cm³/mol. The lowest BCUT2D eigenvalue weighted by atomic mass is 10.1. The zero-order valence-electron chi connectivity index (χ0n) is 9.19. The molecule has 4 heteroatoms. The highest BCUT2D eigenvalue weighted by atomic mass is 16.6. The molecule has 0 unspecified atom stereocenters. The number of rotatable bonds is 4. The Labute approximate surface area is 94.1 Å². The zero-order valence-corrected chi connectivity index (χ0v) is 9.19. The summed E-state index contributed by atoms with van der Waals surface area (Å²) >= 11 is 0. The Hall–Kier alpha value is -1.71. The summed E-state index contributed by atoms with van der Waals surface area (Å²) in [6.07, 6.45) is 2.02. The maximum Gasteiger partial charge on any atom is 0.165 e. The van der Waals surface area contributed by atoms with Crippen LogP contribution in [0.3, 0.4) is 0 Å². The van der Waals surface area contributed by atoms with Gasteiger partial charge in [0.2, 0.25) is 0 Å². The first-order chi connectivity index (χ1) is 7.85. The maximum atomic E-state index is 10.4. The average molecular weight is 222 g/mol. The van der Waals surface area contributed by atoms with Crippen LogP contribution in [0.1, 0.15) is 12.0 Å². The van der Waals surface area contributed by atoms with Crippen LogP contribution in [0.25, 0.3) is 0 Å². The van der Waals surface area contributed by atoms with Gasteiger partial charge in [-0.05, 0) is 12.5 Å².